The fourth-order valence-corrected chi connectivity index (χ4v) is 1.45. The predicted octanol–water partition coefficient (Wildman–Crippen LogP) is 4.16. The molecule has 12 heavy (non-hydrogen) atoms. The van der Waals surface area contributed by atoms with Crippen molar-refractivity contribution >= 4 is 0 Å². The molecule has 1 atom stereocenters. The van der Waals surface area contributed by atoms with E-state index in [1.54, 1.807) is 0 Å². The summed E-state index contributed by atoms with van der Waals surface area (Å²) >= 11 is 0. The maximum atomic E-state index is 4.25. The highest BCUT2D eigenvalue weighted by molar-refractivity contribution is 4.92. The Morgan fingerprint density at radius 1 is 0.917 bits per heavy atom. The molecule has 0 heterocycles. The topological polar surface area (TPSA) is 0 Å². The lowest BCUT2D eigenvalue weighted by molar-refractivity contribution is 0.0585. The van der Waals surface area contributed by atoms with E-state index in [-0.39, 0.29) is 5.41 Å². The molecule has 1 radical (unpaired) electrons. The van der Waals surface area contributed by atoms with E-state index < -0.39 is 0 Å². The van der Waals surface area contributed by atoms with Crippen LogP contribution >= 0.6 is 0 Å². The second kappa shape index (κ2) is 3.40. The SMILES string of the molecule is [CH2]C(C)(C)C(C)(C)C(C)C(C)C. The first-order valence-corrected chi connectivity index (χ1v) is 4.96. The number of hydrogen-bond donors (Lipinski definition) is 0. The normalized spacial score (nSPS) is 16.8. The summed E-state index contributed by atoms with van der Waals surface area (Å²) in [7, 11) is 0. The van der Waals surface area contributed by atoms with Crippen LogP contribution in [-0.4, -0.2) is 0 Å². The third-order valence-corrected chi connectivity index (χ3v) is 3.88. The van der Waals surface area contributed by atoms with Crippen LogP contribution in [0.2, 0.25) is 0 Å². The zero-order chi connectivity index (χ0) is 10.2. The molecular weight excluding hydrogens is 144 g/mol. The van der Waals surface area contributed by atoms with Crippen LogP contribution in [0.4, 0.5) is 0 Å². The first-order chi connectivity index (χ1) is 5.10. The first-order valence-electron chi connectivity index (χ1n) is 4.96. The molecule has 0 aliphatic rings. The van der Waals surface area contributed by atoms with Crippen molar-refractivity contribution < 1.29 is 0 Å². The van der Waals surface area contributed by atoms with Gasteiger partial charge in [0.2, 0.25) is 0 Å². The van der Waals surface area contributed by atoms with Gasteiger partial charge in [-0.3, -0.25) is 0 Å². The summed E-state index contributed by atoms with van der Waals surface area (Å²) in [4.78, 5) is 0. The van der Waals surface area contributed by atoms with E-state index >= 15 is 0 Å². The average Bonchev–Trinajstić information content (AvgIpc) is 1.83. The Morgan fingerprint density at radius 3 is 1.33 bits per heavy atom. The number of rotatable bonds is 3. The lowest BCUT2D eigenvalue weighted by Crippen LogP contribution is -2.38. The van der Waals surface area contributed by atoms with Crippen LogP contribution in [0.3, 0.4) is 0 Å². The molecule has 0 spiro atoms. The van der Waals surface area contributed by atoms with Crippen molar-refractivity contribution in [3.63, 3.8) is 0 Å². The van der Waals surface area contributed by atoms with Crippen LogP contribution < -0.4 is 0 Å². The van der Waals surface area contributed by atoms with Crippen LogP contribution in [0.1, 0.15) is 48.5 Å². The second-order valence-corrected chi connectivity index (χ2v) is 5.64. The van der Waals surface area contributed by atoms with E-state index in [2.05, 4.69) is 55.4 Å². The highest BCUT2D eigenvalue weighted by atomic mass is 14.4. The quantitative estimate of drug-likeness (QED) is 0.595. The summed E-state index contributed by atoms with van der Waals surface area (Å²) < 4.78 is 0. The zero-order valence-corrected chi connectivity index (χ0v) is 9.86. The van der Waals surface area contributed by atoms with Crippen molar-refractivity contribution in [2.75, 3.05) is 0 Å². The minimum atomic E-state index is 0.149. The van der Waals surface area contributed by atoms with Gasteiger partial charge in [0, 0.05) is 0 Å². The highest BCUT2D eigenvalue weighted by Gasteiger charge is 2.38. The van der Waals surface area contributed by atoms with Crippen molar-refractivity contribution in [2.24, 2.45) is 22.7 Å². The Kier molecular flexibility index (Phi) is 3.40. The molecule has 0 saturated heterocycles. The third kappa shape index (κ3) is 2.24. The van der Waals surface area contributed by atoms with Crippen LogP contribution in [0.5, 0.6) is 0 Å². The van der Waals surface area contributed by atoms with Gasteiger partial charge in [-0.05, 0) is 29.6 Å². The molecule has 0 aliphatic heterocycles. The van der Waals surface area contributed by atoms with E-state index in [1.165, 1.54) is 0 Å². The fourth-order valence-electron chi connectivity index (χ4n) is 1.45. The van der Waals surface area contributed by atoms with Gasteiger partial charge in [-0.2, -0.15) is 0 Å². The lowest BCUT2D eigenvalue weighted by Gasteiger charge is -2.45. The molecule has 0 amide bonds. The van der Waals surface area contributed by atoms with Crippen molar-refractivity contribution in [1.82, 2.24) is 0 Å². The molecule has 0 aromatic heterocycles. The molecule has 0 nitrogen and oxygen atoms in total. The smallest absolute Gasteiger partial charge is 0.0275 e. The molecule has 1 unspecified atom stereocenters. The van der Waals surface area contributed by atoms with Crippen molar-refractivity contribution in [2.45, 2.75) is 48.5 Å². The standard InChI is InChI=1S/C12H25/c1-9(2)10(3)12(7,8)11(4,5)6/h9-10H,4H2,1-3,5-8H3. The Hall–Kier alpha value is 0. The van der Waals surface area contributed by atoms with Crippen LogP contribution in [0.25, 0.3) is 0 Å². The van der Waals surface area contributed by atoms with E-state index in [9.17, 15) is 0 Å². The third-order valence-electron chi connectivity index (χ3n) is 3.88. The molecule has 0 heteroatoms. The van der Waals surface area contributed by atoms with Gasteiger partial charge in [-0.1, -0.05) is 48.5 Å². The Bertz CT molecular complexity index is 135. The molecule has 0 aromatic carbocycles. The van der Waals surface area contributed by atoms with Gasteiger partial charge in [-0.15, -0.1) is 0 Å². The van der Waals surface area contributed by atoms with Gasteiger partial charge in [0.25, 0.3) is 0 Å². The Balaban J connectivity index is 4.61. The summed E-state index contributed by atoms with van der Waals surface area (Å²) in [5.74, 6) is 1.45. The average molecular weight is 169 g/mol. The summed E-state index contributed by atoms with van der Waals surface area (Å²) in [5, 5.41) is 0. The van der Waals surface area contributed by atoms with Gasteiger partial charge in [0.15, 0.2) is 0 Å². The van der Waals surface area contributed by atoms with Crippen LogP contribution in [0.15, 0.2) is 0 Å². The predicted molar refractivity (Wildman–Crippen MR) is 56.9 cm³/mol. The summed E-state index contributed by atoms with van der Waals surface area (Å²) in [6, 6.07) is 0. The monoisotopic (exact) mass is 169 g/mol. The van der Waals surface area contributed by atoms with E-state index in [0.29, 0.717) is 11.3 Å². The van der Waals surface area contributed by atoms with Crippen LogP contribution in [0, 0.1) is 29.6 Å². The molecule has 0 aliphatic carbocycles. The summed E-state index contributed by atoms with van der Waals surface area (Å²) in [5.41, 5.74) is 0.456. The van der Waals surface area contributed by atoms with Gasteiger partial charge >= 0.3 is 0 Å². The number of hydrogen-bond acceptors (Lipinski definition) is 0. The van der Waals surface area contributed by atoms with Crippen LogP contribution in [-0.2, 0) is 0 Å². The van der Waals surface area contributed by atoms with Crippen molar-refractivity contribution in [3.05, 3.63) is 6.92 Å². The fraction of sp³-hybridized carbons (Fsp3) is 0.917. The van der Waals surface area contributed by atoms with Gasteiger partial charge < -0.3 is 0 Å². The largest absolute Gasteiger partial charge is 0.0625 e. The molecule has 0 saturated carbocycles. The van der Waals surface area contributed by atoms with Crippen molar-refractivity contribution in [1.29, 1.82) is 0 Å². The van der Waals surface area contributed by atoms with Crippen molar-refractivity contribution in [3.8, 4) is 0 Å². The Labute approximate surface area is 78.8 Å². The highest BCUT2D eigenvalue weighted by Crippen LogP contribution is 2.46. The molecular formula is C12H25. The molecule has 0 fully saturated rings. The van der Waals surface area contributed by atoms with E-state index in [0.717, 1.165) is 5.92 Å². The van der Waals surface area contributed by atoms with Gasteiger partial charge in [0.1, 0.15) is 0 Å². The zero-order valence-electron chi connectivity index (χ0n) is 9.86. The van der Waals surface area contributed by atoms with E-state index in [4.69, 9.17) is 0 Å². The molecule has 0 N–H and O–H groups in total. The Morgan fingerprint density at radius 2 is 1.25 bits per heavy atom. The second-order valence-electron chi connectivity index (χ2n) is 5.64. The molecule has 0 bridgehead atoms. The minimum absolute atomic E-state index is 0.149. The minimum Gasteiger partial charge on any atom is -0.0625 e. The maximum Gasteiger partial charge on any atom is -0.0275 e. The first kappa shape index (κ1) is 12.0. The maximum absolute atomic E-state index is 4.25. The van der Waals surface area contributed by atoms with E-state index in [1.807, 2.05) is 0 Å². The van der Waals surface area contributed by atoms with Gasteiger partial charge in [0.05, 0.1) is 0 Å². The molecule has 0 aromatic rings. The summed E-state index contributed by atoms with van der Waals surface area (Å²) in [6.45, 7) is 20.3. The van der Waals surface area contributed by atoms with Gasteiger partial charge in [-0.25, -0.2) is 0 Å². The lowest BCUT2D eigenvalue weighted by atomic mass is 9.60. The summed E-state index contributed by atoms with van der Waals surface area (Å²) in [6.07, 6.45) is 0. The molecule has 73 valence electrons. The molecule has 0 rings (SSSR count).